The standard InChI is InChI=1S/C15H25N3O2/c1-17(15(20)11-6-7-11)12-4-3-9-18(10-12)13-5-2-8-16-14(13)19/h11-13H,2-10H2,1H3,(H,16,19). The Bertz CT molecular complexity index is 395. The molecule has 2 unspecified atom stereocenters. The SMILES string of the molecule is CN(C(=O)C1CC1)C1CCCN(C2CCCNC2=O)C1. The normalized spacial score (nSPS) is 31.8. The van der Waals surface area contributed by atoms with Crippen LogP contribution in [0.15, 0.2) is 0 Å². The molecule has 0 aromatic rings. The first-order valence-corrected chi connectivity index (χ1v) is 7.95. The van der Waals surface area contributed by atoms with Crippen LogP contribution in [-0.4, -0.2) is 60.4 Å². The molecule has 3 aliphatic rings. The minimum atomic E-state index is 0.0241. The lowest BCUT2D eigenvalue weighted by atomic mass is 9.98. The molecule has 20 heavy (non-hydrogen) atoms. The van der Waals surface area contributed by atoms with E-state index in [1.54, 1.807) is 0 Å². The number of hydrogen-bond donors (Lipinski definition) is 1. The zero-order chi connectivity index (χ0) is 14.1. The van der Waals surface area contributed by atoms with E-state index in [9.17, 15) is 9.59 Å². The van der Waals surface area contributed by atoms with Crippen molar-refractivity contribution in [1.29, 1.82) is 0 Å². The monoisotopic (exact) mass is 279 g/mol. The van der Waals surface area contributed by atoms with E-state index in [0.29, 0.717) is 5.91 Å². The van der Waals surface area contributed by atoms with Crippen LogP contribution in [0, 0.1) is 5.92 Å². The summed E-state index contributed by atoms with van der Waals surface area (Å²) in [5.41, 5.74) is 0. The summed E-state index contributed by atoms with van der Waals surface area (Å²) >= 11 is 0. The van der Waals surface area contributed by atoms with E-state index in [1.807, 2.05) is 11.9 Å². The third-order valence-corrected chi connectivity index (χ3v) is 4.95. The van der Waals surface area contributed by atoms with Gasteiger partial charge in [0, 0.05) is 32.1 Å². The molecule has 0 bridgehead atoms. The Hall–Kier alpha value is -1.10. The van der Waals surface area contributed by atoms with Crippen molar-refractivity contribution in [2.75, 3.05) is 26.7 Å². The van der Waals surface area contributed by atoms with Gasteiger partial charge in [0.2, 0.25) is 11.8 Å². The van der Waals surface area contributed by atoms with Crippen LogP contribution < -0.4 is 5.32 Å². The molecule has 5 nitrogen and oxygen atoms in total. The summed E-state index contributed by atoms with van der Waals surface area (Å²) in [5, 5.41) is 2.96. The molecular weight excluding hydrogens is 254 g/mol. The zero-order valence-corrected chi connectivity index (χ0v) is 12.3. The summed E-state index contributed by atoms with van der Waals surface area (Å²) in [6.07, 6.45) is 6.29. The first-order chi connectivity index (χ1) is 9.66. The van der Waals surface area contributed by atoms with Crippen LogP contribution in [-0.2, 0) is 9.59 Å². The summed E-state index contributed by atoms with van der Waals surface area (Å²) in [6, 6.07) is 0.308. The van der Waals surface area contributed by atoms with Crippen molar-refractivity contribution in [2.45, 2.75) is 50.6 Å². The third-order valence-electron chi connectivity index (χ3n) is 4.95. The van der Waals surface area contributed by atoms with Gasteiger partial charge in [0.25, 0.3) is 0 Å². The van der Waals surface area contributed by atoms with E-state index in [0.717, 1.165) is 58.2 Å². The summed E-state index contributed by atoms with van der Waals surface area (Å²) < 4.78 is 0. The van der Waals surface area contributed by atoms with Crippen LogP contribution in [0.5, 0.6) is 0 Å². The maximum absolute atomic E-state index is 12.2. The predicted octanol–water partition coefficient (Wildman–Crippen LogP) is 0.598. The molecule has 2 heterocycles. The molecular formula is C15H25N3O2. The van der Waals surface area contributed by atoms with E-state index in [1.165, 1.54) is 0 Å². The molecule has 1 saturated carbocycles. The van der Waals surface area contributed by atoms with Crippen LogP contribution in [0.25, 0.3) is 0 Å². The van der Waals surface area contributed by atoms with Crippen LogP contribution >= 0.6 is 0 Å². The van der Waals surface area contributed by atoms with Gasteiger partial charge in [0.15, 0.2) is 0 Å². The van der Waals surface area contributed by atoms with Crippen LogP contribution in [0.4, 0.5) is 0 Å². The lowest BCUT2D eigenvalue weighted by molar-refractivity contribution is -0.135. The van der Waals surface area contributed by atoms with E-state index < -0.39 is 0 Å². The molecule has 112 valence electrons. The quantitative estimate of drug-likeness (QED) is 0.823. The molecule has 0 spiro atoms. The van der Waals surface area contributed by atoms with E-state index in [4.69, 9.17) is 0 Å². The van der Waals surface area contributed by atoms with Crippen molar-refractivity contribution in [1.82, 2.24) is 15.1 Å². The van der Waals surface area contributed by atoms with Gasteiger partial charge in [0.05, 0.1) is 6.04 Å². The van der Waals surface area contributed by atoms with E-state index in [2.05, 4.69) is 10.2 Å². The van der Waals surface area contributed by atoms with E-state index in [-0.39, 0.29) is 23.9 Å². The van der Waals surface area contributed by atoms with Crippen molar-refractivity contribution in [3.8, 4) is 0 Å². The van der Waals surface area contributed by atoms with Crippen molar-refractivity contribution in [2.24, 2.45) is 5.92 Å². The average Bonchev–Trinajstić information content (AvgIpc) is 3.31. The second kappa shape index (κ2) is 5.72. The van der Waals surface area contributed by atoms with Crippen molar-refractivity contribution in [3.63, 3.8) is 0 Å². The zero-order valence-electron chi connectivity index (χ0n) is 12.3. The summed E-state index contributed by atoms with van der Waals surface area (Å²) in [5.74, 6) is 0.770. The highest BCUT2D eigenvalue weighted by molar-refractivity contribution is 5.82. The second-order valence-corrected chi connectivity index (χ2v) is 6.46. The molecule has 2 aliphatic heterocycles. The summed E-state index contributed by atoms with van der Waals surface area (Å²) in [7, 11) is 1.94. The van der Waals surface area contributed by atoms with Crippen molar-refractivity contribution in [3.05, 3.63) is 0 Å². The molecule has 0 radical (unpaired) electrons. The van der Waals surface area contributed by atoms with Crippen LogP contribution in [0.1, 0.15) is 38.5 Å². The van der Waals surface area contributed by atoms with Gasteiger partial charge in [-0.3, -0.25) is 14.5 Å². The van der Waals surface area contributed by atoms with Crippen LogP contribution in [0.2, 0.25) is 0 Å². The first kappa shape index (κ1) is 13.9. The predicted molar refractivity (Wildman–Crippen MR) is 76.1 cm³/mol. The highest BCUT2D eigenvalue weighted by atomic mass is 16.2. The molecule has 0 aromatic carbocycles. The summed E-state index contributed by atoms with van der Waals surface area (Å²) in [4.78, 5) is 28.4. The smallest absolute Gasteiger partial charge is 0.237 e. The summed E-state index contributed by atoms with van der Waals surface area (Å²) in [6.45, 7) is 2.65. The van der Waals surface area contributed by atoms with Gasteiger partial charge in [-0.15, -0.1) is 0 Å². The molecule has 1 N–H and O–H groups in total. The minimum absolute atomic E-state index is 0.0241. The fourth-order valence-corrected chi connectivity index (χ4v) is 3.48. The average molecular weight is 279 g/mol. The molecule has 2 atom stereocenters. The number of rotatable bonds is 3. The molecule has 3 rings (SSSR count). The molecule has 3 fully saturated rings. The minimum Gasteiger partial charge on any atom is -0.355 e. The lowest BCUT2D eigenvalue weighted by Gasteiger charge is -2.42. The number of likely N-dealkylation sites (tertiary alicyclic amines) is 1. The molecule has 1 aliphatic carbocycles. The Balaban J connectivity index is 1.60. The molecule has 2 saturated heterocycles. The topological polar surface area (TPSA) is 52.7 Å². The van der Waals surface area contributed by atoms with Crippen LogP contribution in [0.3, 0.4) is 0 Å². The lowest BCUT2D eigenvalue weighted by Crippen LogP contribution is -2.57. The van der Waals surface area contributed by atoms with E-state index >= 15 is 0 Å². The van der Waals surface area contributed by atoms with Gasteiger partial charge < -0.3 is 10.2 Å². The van der Waals surface area contributed by atoms with Gasteiger partial charge in [-0.25, -0.2) is 0 Å². The second-order valence-electron chi connectivity index (χ2n) is 6.46. The molecule has 5 heteroatoms. The van der Waals surface area contributed by atoms with Gasteiger partial charge in [0.1, 0.15) is 0 Å². The highest BCUT2D eigenvalue weighted by Gasteiger charge is 2.38. The number of likely N-dealkylation sites (N-methyl/N-ethyl adjacent to an activating group) is 1. The van der Waals surface area contributed by atoms with Gasteiger partial charge in [-0.2, -0.15) is 0 Å². The Morgan fingerprint density at radius 3 is 2.75 bits per heavy atom. The Morgan fingerprint density at radius 1 is 1.25 bits per heavy atom. The Morgan fingerprint density at radius 2 is 2.05 bits per heavy atom. The third kappa shape index (κ3) is 2.82. The largest absolute Gasteiger partial charge is 0.355 e. The fourth-order valence-electron chi connectivity index (χ4n) is 3.48. The van der Waals surface area contributed by atoms with Gasteiger partial charge >= 0.3 is 0 Å². The number of nitrogens with one attached hydrogen (secondary N) is 1. The number of carbonyl (C=O) groups excluding carboxylic acids is 2. The fraction of sp³-hybridized carbons (Fsp3) is 0.867. The molecule has 2 amide bonds. The highest BCUT2D eigenvalue weighted by Crippen LogP contribution is 2.32. The Labute approximate surface area is 120 Å². The maximum atomic E-state index is 12.2. The number of hydrogen-bond acceptors (Lipinski definition) is 3. The van der Waals surface area contributed by atoms with Gasteiger partial charge in [-0.05, 0) is 45.1 Å². The Kier molecular flexibility index (Phi) is 3.96. The molecule has 0 aromatic heterocycles. The maximum Gasteiger partial charge on any atom is 0.237 e. The number of carbonyl (C=O) groups is 2. The van der Waals surface area contributed by atoms with Crippen molar-refractivity contribution < 1.29 is 9.59 Å². The number of nitrogens with zero attached hydrogens (tertiary/aromatic N) is 2. The number of amides is 2. The van der Waals surface area contributed by atoms with Gasteiger partial charge in [-0.1, -0.05) is 0 Å². The van der Waals surface area contributed by atoms with Crippen molar-refractivity contribution >= 4 is 11.8 Å². The number of piperidine rings is 2. The first-order valence-electron chi connectivity index (χ1n) is 7.95.